The fourth-order valence-corrected chi connectivity index (χ4v) is 4.60. The highest BCUT2D eigenvalue weighted by molar-refractivity contribution is 5.69. The van der Waals surface area contributed by atoms with E-state index in [1.54, 1.807) is 0 Å². The average molecular weight is 349 g/mol. The normalized spacial score (nSPS) is 21.9. The molecule has 1 unspecified atom stereocenters. The second-order valence-corrected chi connectivity index (χ2v) is 7.66. The molecule has 2 aromatic carbocycles. The molecule has 0 aromatic heterocycles. The van der Waals surface area contributed by atoms with E-state index >= 15 is 0 Å². The molecule has 26 heavy (non-hydrogen) atoms. The van der Waals surface area contributed by atoms with Gasteiger partial charge >= 0.3 is 5.97 Å². The Morgan fingerprint density at radius 3 is 2.65 bits per heavy atom. The van der Waals surface area contributed by atoms with Crippen LogP contribution in [0.5, 0.6) is 0 Å². The molecule has 0 spiro atoms. The quantitative estimate of drug-likeness (QED) is 0.739. The van der Waals surface area contributed by atoms with Crippen molar-refractivity contribution in [3.63, 3.8) is 0 Å². The summed E-state index contributed by atoms with van der Waals surface area (Å²) in [5, 5.41) is 0. The molecule has 0 radical (unpaired) electrons. The number of likely N-dealkylation sites (tertiary alicyclic amines) is 1. The van der Waals surface area contributed by atoms with E-state index in [0.717, 1.165) is 13.1 Å². The summed E-state index contributed by atoms with van der Waals surface area (Å²) in [7, 11) is 1.47. The van der Waals surface area contributed by atoms with E-state index in [4.69, 9.17) is 4.74 Å². The Balaban J connectivity index is 1.63. The molecule has 2 aromatic rings. The van der Waals surface area contributed by atoms with Crippen LogP contribution in [0.3, 0.4) is 0 Å². The number of ether oxygens (including phenoxy) is 1. The molecule has 1 aliphatic heterocycles. The minimum absolute atomic E-state index is 0.113. The Labute approximate surface area is 156 Å². The van der Waals surface area contributed by atoms with E-state index in [1.165, 1.54) is 54.2 Å². The van der Waals surface area contributed by atoms with Crippen LogP contribution >= 0.6 is 0 Å². The summed E-state index contributed by atoms with van der Waals surface area (Å²) in [4.78, 5) is 14.1. The summed E-state index contributed by atoms with van der Waals surface area (Å²) in [6.45, 7) is 3.99. The zero-order valence-electron chi connectivity index (χ0n) is 15.7. The van der Waals surface area contributed by atoms with Gasteiger partial charge in [-0.2, -0.15) is 0 Å². The number of aryl methyl sites for hydroxylation is 1. The number of hydrogen-bond donors (Lipinski definition) is 0. The summed E-state index contributed by atoms with van der Waals surface area (Å²) >= 11 is 0. The number of rotatable bonds is 4. The highest BCUT2D eigenvalue weighted by Gasteiger charge is 2.36. The van der Waals surface area contributed by atoms with Gasteiger partial charge in [-0.05, 0) is 67.0 Å². The van der Waals surface area contributed by atoms with Crippen molar-refractivity contribution >= 4 is 5.97 Å². The third-order valence-electron chi connectivity index (χ3n) is 6.05. The van der Waals surface area contributed by atoms with Crippen molar-refractivity contribution in [3.05, 3.63) is 59.2 Å². The zero-order valence-corrected chi connectivity index (χ0v) is 15.7. The lowest BCUT2D eigenvalue weighted by Crippen LogP contribution is -2.30. The molecular formula is C23H27NO2. The summed E-state index contributed by atoms with van der Waals surface area (Å²) in [6.07, 6.45) is 4.13. The standard InChI is InChI=1S/C23H27NO2/c1-16-5-7-17(8-6-16)18-9-10-20-19-4-3-12-24(13-11-23(25)26-2)22(15-19)21(20)14-18/h5-10,14,19,22H,3-4,11-13,15H2,1-2H3/t19-,22?/m0/s1. The fourth-order valence-electron chi connectivity index (χ4n) is 4.60. The molecule has 3 nitrogen and oxygen atoms in total. The van der Waals surface area contributed by atoms with E-state index in [1.807, 2.05) is 0 Å². The lowest BCUT2D eigenvalue weighted by molar-refractivity contribution is -0.141. The lowest BCUT2D eigenvalue weighted by atomic mass is 9.93. The number of carbonyl (C=O) groups is 1. The number of nitrogens with zero attached hydrogens (tertiary/aromatic N) is 1. The van der Waals surface area contributed by atoms with Crippen molar-refractivity contribution in [1.82, 2.24) is 4.90 Å². The molecule has 1 heterocycles. The molecule has 0 saturated carbocycles. The van der Waals surface area contributed by atoms with Crippen molar-refractivity contribution in [3.8, 4) is 11.1 Å². The minimum Gasteiger partial charge on any atom is -0.469 e. The molecule has 1 fully saturated rings. The Kier molecular flexibility index (Phi) is 4.82. The van der Waals surface area contributed by atoms with Crippen molar-refractivity contribution in [2.45, 2.75) is 44.6 Å². The van der Waals surface area contributed by atoms with Crippen LogP contribution in [-0.2, 0) is 9.53 Å². The van der Waals surface area contributed by atoms with Crippen LogP contribution in [0.1, 0.15) is 54.3 Å². The largest absolute Gasteiger partial charge is 0.469 e. The predicted octanol–water partition coefficient (Wildman–Crippen LogP) is 4.85. The van der Waals surface area contributed by atoms with Crippen molar-refractivity contribution < 1.29 is 9.53 Å². The number of fused-ring (bicyclic) bond motifs is 5. The highest BCUT2D eigenvalue weighted by atomic mass is 16.5. The second kappa shape index (κ2) is 7.24. The van der Waals surface area contributed by atoms with E-state index in [0.29, 0.717) is 18.4 Å². The average Bonchev–Trinajstić information content (AvgIpc) is 2.87. The summed E-state index contributed by atoms with van der Waals surface area (Å²) in [5.41, 5.74) is 6.85. The number of benzene rings is 2. The lowest BCUT2D eigenvalue weighted by Gasteiger charge is -2.29. The highest BCUT2D eigenvalue weighted by Crippen LogP contribution is 2.48. The zero-order chi connectivity index (χ0) is 18.1. The van der Waals surface area contributed by atoms with Gasteiger partial charge in [0.05, 0.1) is 13.5 Å². The predicted molar refractivity (Wildman–Crippen MR) is 104 cm³/mol. The summed E-state index contributed by atoms with van der Waals surface area (Å²) < 4.78 is 4.84. The van der Waals surface area contributed by atoms with Crippen LogP contribution in [0.25, 0.3) is 11.1 Å². The van der Waals surface area contributed by atoms with Crippen molar-refractivity contribution in [2.24, 2.45) is 0 Å². The topological polar surface area (TPSA) is 29.5 Å². The molecule has 1 aliphatic carbocycles. The molecule has 2 aliphatic rings. The molecule has 2 atom stereocenters. The van der Waals surface area contributed by atoms with Gasteiger partial charge in [0.25, 0.3) is 0 Å². The van der Waals surface area contributed by atoms with Crippen LogP contribution in [0.4, 0.5) is 0 Å². The first kappa shape index (κ1) is 17.3. The third kappa shape index (κ3) is 3.28. The molecule has 4 rings (SSSR count). The monoisotopic (exact) mass is 349 g/mol. The summed E-state index contributed by atoms with van der Waals surface area (Å²) in [5.74, 6) is 0.558. The number of esters is 1. The fraction of sp³-hybridized carbons (Fsp3) is 0.435. The van der Waals surface area contributed by atoms with Gasteiger partial charge in [0, 0.05) is 12.6 Å². The first-order valence-corrected chi connectivity index (χ1v) is 9.67. The van der Waals surface area contributed by atoms with Crippen molar-refractivity contribution in [2.75, 3.05) is 20.2 Å². The van der Waals surface area contributed by atoms with Gasteiger partial charge in [-0.1, -0.05) is 42.0 Å². The van der Waals surface area contributed by atoms with Gasteiger partial charge in [-0.15, -0.1) is 0 Å². The number of carbonyl (C=O) groups excluding carboxylic acids is 1. The Morgan fingerprint density at radius 1 is 1.12 bits per heavy atom. The molecule has 2 bridgehead atoms. The van der Waals surface area contributed by atoms with Gasteiger partial charge in [0.2, 0.25) is 0 Å². The number of methoxy groups -OCH3 is 1. The van der Waals surface area contributed by atoms with Gasteiger partial charge in [0.1, 0.15) is 0 Å². The van der Waals surface area contributed by atoms with Gasteiger partial charge in [-0.25, -0.2) is 0 Å². The maximum atomic E-state index is 11.6. The maximum Gasteiger partial charge on any atom is 0.306 e. The molecular weight excluding hydrogens is 322 g/mol. The smallest absolute Gasteiger partial charge is 0.306 e. The Hall–Kier alpha value is -2.13. The van der Waals surface area contributed by atoms with E-state index in [9.17, 15) is 4.79 Å². The van der Waals surface area contributed by atoms with Gasteiger partial charge < -0.3 is 4.74 Å². The maximum absolute atomic E-state index is 11.6. The first-order valence-electron chi connectivity index (χ1n) is 9.67. The number of hydrogen-bond acceptors (Lipinski definition) is 3. The van der Waals surface area contributed by atoms with Crippen LogP contribution in [0.15, 0.2) is 42.5 Å². The van der Waals surface area contributed by atoms with Gasteiger partial charge in [0.15, 0.2) is 0 Å². The Bertz CT molecular complexity index is 796. The van der Waals surface area contributed by atoms with Gasteiger partial charge in [-0.3, -0.25) is 9.69 Å². The Morgan fingerprint density at radius 2 is 1.88 bits per heavy atom. The minimum atomic E-state index is -0.113. The van der Waals surface area contributed by atoms with Crippen LogP contribution in [-0.4, -0.2) is 31.1 Å². The molecule has 0 N–H and O–H groups in total. The van der Waals surface area contributed by atoms with E-state index in [-0.39, 0.29) is 5.97 Å². The van der Waals surface area contributed by atoms with E-state index in [2.05, 4.69) is 54.3 Å². The van der Waals surface area contributed by atoms with Crippen LogP contribution < -0.4 is 0 Å². The second-order valence-electron chi connectivity index (χ2n) is 7.66. The first-order chi connectivity index (χ1) is 12.7. The summed E-state index contributed by atoms with van der Waals surface area (Å²) in [6, 6.07) is 16.2. The van der Waals surface area contributed by atoms with Crippen LogP contribution in [0, 0.1) is 6.92 Å². The van der Waals surface area contributed by atoms with E-state index < -0.39 is 0 Å². The van der Waals surface area contributed by atoms with Crippen molar-refractivity contribution in [1.29, 1.82) is 0 Å². The molecule has 136 valence electrons. The third-order valence-corrected chi connectivity index (χ3v) is 6.05. The SMILES string of the molecule is COC(=O)CCN1CCC[C@H]2CC1c1cc(-c3ccc(C)cc3)ccc12. The molecule has 1 saturated heterocycles. The molecule has 3 heteroatoms. The van der Waals surface area contributed by atoms with Crippen LogP contribution in [0.2, 0.25) is 0 Å². The molecule has 0 amide bonds.